The van der Waals surface area contributed by atoms with Crippen molar-refractivity contribution in [1.29, 1.82) is 0 Å². The Kier molecular flexibility index (Phi) is 3.84. The van der Waals surface area contributed by atoms with E-state index < -0.39 is 5.91 Å². The molecule has 0 aliphatic carbocycles. The molecule has 0 radical (unpaired) electrons. The van der Waals surface area contributed by atoms with E-state index in [9.17, 15) is 9.18 Å². The Morgan fingerprint density at radius 1 is 1.08 bits per heavy atom. The van der Waals surface area contributed by atoms with E-state index in [4.69, 9.17) is 10.5 Å². The number of carbonyl (C=O) groups is 1. The number of methoxy groups -OCH3 is 1. The normalized spacial score (nSPS) is 11.2. The SMILES string of the molecule is COc1cccc(Cn2c3cc(F)ccc3c3c(C(N)=O)cccc32)c1. The molecule has 0 bridgehead atoms. The largest absolute Gasteiger partial charge is 0.497 e. The third kappa shape index (κ3) is 2.58. The smallest absolute Gasteiger partial charge is 0.249 e. The Hall–Kier alpha value is -3.34. The van der Waals surface area contributed by atoms with Crippen LogP contribution in [0.2, 0.25) is 0 Å². The van der Waals surface area contributed by atoms with Gasteiger partial charge in [-0.15, -0.1) is 0 Å². The fraction of sp³-hybridized carbons (Fsp3) is 0.0952. The summed E-state index contributed by atoms with van der Waals surface area (Å²) < 4.78 is 21.2. The summed E-state index contributed by atoms with van der Waals surface area (Å²) in [6, 6.07) is 17.7. The number of halogens is 1. The van der Waals surface area contributed by atoms with Gasteiger partial charge < -0.3 is 15.0 Å². The molecule has 4 rings (SSSR count). The first-order valence-electron chi connectivity index (χ1n) is 8.21. The van der Waals surface area contributed by atoms with Gasteiger partial charge in [0.25, 0.3) is 0 Å². The van der Waals surface area contributed by atoms with Gasteiger partial charge in [0.15, 0.2) is 0 Å². The lowest BCUT2D eigenvalue weighted by Gasteiger charge is -2.09. The standard InChI is InChI=1S/C21H17FN2O2/c1-26-15-5-2-4-13(10-15)12-24-18-7-3-6-17(21(23)25)20(18)16-9-8-14(22)11-19(16)24/h2-11H,12H2,1H3,(H2,23,25). The number of primary amides is 1. The maximum atomic E-state index is 13.9. The van der Waals surface area contributed by atoms with E-state index in [0.717, 1.165) is 33.1 Å². The number of aromatic nitrogens is 1. The first-order chi connectivity index (χ1) is 12.6. The number of benzene rings is 3. The molecule has 0 aliphatic rings. The molecule has 1 aromatic heterocycles. The Morgan fingerprint density at radius 3 is 2.65 bits per heavy atom. The number of hydrogen-bond donors (Lipinski definition) is 1. The van der Waals surface area contributed by atoms with Crippen molar-refractivity contribution in [3.63, 3.8) is 0 Å². The number of fused-ring (bicyclic) bond motifs is 3. The maximum Gasteiger partial charge on any atom is 0.249 e. The zero-order valence-electron chi connectivity index (χ0n) is 14.2. The number of carbonyl (C=O) groups excluding carboxylic acids is 1. The highest BCUT2D eigenvalue weighted by Crippen LogP contribution is 2.33. The lowest BCUT2D eigenvalue weighted by atomic mass is 10.1. The minimum atomic E-state index is -0.500. The van der Waals surface area contributed by atoms with Crippen molar-refractivity contribution in [2.45, 2.75) is 6.54 Å². The van der Waals surface area contributed by atoms with Crippen molar-refractivity contribution in [2.24, 2.45) is 5.73 Å². The number of ether oxygens (including phenoxy) is 1. The van der Waals surface area contributed by atoms with Crippen molar-refractivity contribution in [3.8, 4) is 5.75 Å². The van der Waals surface area contributed by atoms with Crippen LogP contribution < -0.4 is 10.5 Å². The summed E-state index contributed by atoms with van der Waals surface area (Å²) in [4.78, 5) is 11.9. The summed E-state index contributed by atoms with van der Waals surface area (Å²) in [5, 5.41) is 1.55. The number of rotatable bonds is 4. The minimum Gasteiger partial charge on any atom is -0.497 e. The summed E-state index contributed by atoms with van der Waals surface area (Å²) in [7, 11) is 1.62. The molecular weight excluding hydrogens is 331 g/mol. The van der Waals surface area contributed by atoms with Gasteiger partial charge in [-0.1, -0.05) is 18.2 Å². The van der Waals surface area contributed by atoms with Crippen LogP contribution in [0.3, 0.4) is 0 Å². The zero-order valence-corrected chi connectivity index (χ0v) is 14.2. The molecule has 0 aliphatic heterocycles. The Labute approximate surface area is 149 Å². The highest BCUT2D eigenvalue weighted by molar-refractivity contribution is 6.17. The third-order valence-electron chi connectivity index (χ3n) is 4.59. The van der Waals surface area contributed by atoms with Crippen molar-refractivity contribution in [3.05, 3.63) is 77.6 Å². The van der Waals surface area contributed by atoms with Crippen LogP contribution in [0.4, 0.5) is 4.39 Å². The lowest BCUT2D eigenvalue weighted by molar-refractivity contribution is 0.100. The van der Waals surface area contributed by atoms with Crippen LogP contribution in [0.25, 0.3) is 21.8 Å². The summed E-state index contributed by atoms with van der Waals surface area (Å²) in [6.07, 6.45) is 0. The van der Waals surface area contributed by atoms with Gasteiger partial charge in [-0.05, 0) is 48.0 Å². The molecule has 0 saturated carbocycles. The zero-order chi connectivity index (χ0) is 18.3. The van der Waals surface area contributed by atoms with Gasteiger partial charge >= 0.3 is 0 Å². The van der Waals surface area contributed by atoms with Gasteiger partial charge in [0.05, 0.1) is 18.1 Å². The molecule has 2 N–H and O–H groups in total. The molecule has 0 fully saturated rings. The molecule has 26 heavy (non-hydrogen) atoms. The van der Waals surface area contributed by atoms with Gasteiger partial charge in [-0.2, -0.15) is 0 Å². The molecular formula is C21H17FN2O2. The Balaban J connectivity index is 2.01. The third-order valence-corrected chi connectivity index (χ3v) is 4.59. The molecule has 1 heterocycles. The molecule has 4 nitrogen and oxygen atoms in total. The highest BCUT2D eigenvalue weighted by Gasteiger charge is 2.17. The van der Waals surface area contributed by atoms with Gasteiger partial charge in [0.2, 0.25) is 5.91 Å². The van der Waals surface area contributed by atoms with Crippen molar-refractivity contribution in [2.75, 3.05) is 7.11 Å². The Bertz CT molecular complexity index is 1150. The molecule has 0 saturated heterocycles. The maximum absolute atomic E-state index is 13.9. The fourth-order valence-electron chi connectivity index (χ4n) is 3.45. The van der Waals surface area contributed by atoms with E-state index in [-0.39, 0.29) is 5.82 Å². The summed E-state index contributed by atoms with van der Waals surface area (Å²) >= 11 is 0. The molecule has 1 amide bonds. The number of nitrogens with zero attached hydrogens (tertiary/aromatic N) is 1. The van der Waals surface area contributed by atoms with E-state index in [1.54, 1.807) is 25.3 Å². The van der Waals surface area contributed by atoms with Crippen molar-refractivity contribution < 1.29 is 13.9 Å². The van der Waals surface area contributed by atoms with Gasteiger partial charge in [-0.25, -0.2) is 4.39 Å². The van der Waals surface area contributed by atoms with E-state index >= 15 is 0 Å². The van der Waals surface area contributed by atoms with E-state index in [0.29, 0.717) is 12.1 Å². The molecule has 5 heteroatoms. The molecule has 130 valence electrons. The van der Waals surface area contributed by atoms with Crippen LogP contribution in [0.5, 0.6) is 5.75 Å². The minimum absolute atomic E-state index is 0.326. The predicted octanol–water partition coefficient (Wildman–Crippen LogP) is 4.09. The van der Waals surface area contributed by atoms with Crippen LogP contribution in [-0.4, -0.2) is 17.6 Å². The van der Waals surface area contributed by atoms with E-state index in [2.05, 4.69) is 0 Å². The average Bonchev–Trinajstić information content (AvgIpc) is 2.95. The van der Waals surface area contributed by atoms with Crippen LogP contribution in [0, 0.1) is 5.82 Å². The monoisotopic (exact) mass is 348 g/mol. The van der Waals surface area contributed by atoms with E-state index in [1.807, 2.05) is 34.9 Å². The molecule has 4 aromatic rings. The fourth-order valence-corrected chi connectivity index (χ4v) is 3.45. The second-order valence-electron chi connectivity index (χ2n) is 6.16. The van der Waals surface area contributed by atoms with Crippen LogP contribution in [0.15, 0.2) is 60.7 Å². The first kappa shape index (κ1) is 16.1. The number of hydrogen-bond acceptors (Lipinski definition) is 2. The molecule has 3 aromatic carbocycles. The average molecular weight is 348 g/mol. The number of amides is 1. The Morgan fingerprint density at radius 2 is 1.88 bits per heavy atom. The molecule has 0 unspecified atom stereocenters. The first-order valence-corrected chi connectivity index (χ1v) is 8.21. The molecule has 0 atom stereocenters. The predicted molar refractivity (Wildman–Crippen MR) is 100 cm³/mol. The lowest BCUT2D eigenvalue weighted by Crippen LogP contribution is -2.11. The van der Waals surface area contributed by atoms with Gasteiger partial charge in [0.1, 0.15) is 11.6 Å². The molecule has 0 spiro atoms. The topological polar surface area (TPSA) is 57.2 Å². The van der Waals surface area contributed by atoms with Crippen molar-refractivity contribution >= 4 is 27.7 Å². The van der Waals surface area contributed by atoms with Crippen LogP contribution in [0.1, 0.15) is 15.9 Å². The number of nitrogens with two attached hydrogens (primary N) is 1. The summed E-state index contributed by atoms with van der Waals surface area (Å²) in [5.41, 5.74) is 8.56. The van der Waals surface area contributed by atoms with Crippen LogP contribution in [-0.2, 0) is 6.54 Å². The van der Waals surface area contributed by atoms with Gasteiger partial charge in [0, 0.05) is 22.9 Å². The van der Waals surface area contributed by atoms with Crippen molar-refractivity contribution in [1.82, 2.24) is 4.57 Å². The second-order valence-corrected chi connectivity index (χ2v) is 6.16. The summed E-state index contributed by atoms with van der Waals surface area (Å²) in [5.74, 6) is -0.0690. The highest BCUT2D eigenvalue weighted by atomic mass is 19.1. The quantitative estimate of drug-likeness (QED) is 0.604. The van der Waals surface area contributed by atoms with Gasteiger partial charge in [-0.3, -0.25) is 4.79 Å². The van der Waals surface area contributed by atoms with E-state index in [1.165, 1.54) is 12.1 Å². The van der Waals surface area contributed by atoms with Crippen LogP contribution >= 0.6 is 0 Å². The second kappa shape index (κ2) is 6.19. The summed E-state index contributed by atoms with van der Waals surface area (Å²) in [6.45, 7) is 0.517.